The van der Waals surface area contributed by atoms with E-state index in [1.165, 1.54) is 5.69 Å². The van der Waals surface area contributed by atoms with Gasteiger partial charge in [0.1, 0.15) is 0 Å². The summed E-state index contributed by atoms with van der Waals surface area (Å²) in [6.45, 7) is 3.91. The molecule has 0 saturated carbocycles. The fourth-order valence-corrected chi connectivity index (χ4v) is 1.59. The molecule has 1 heterocycles. The Kier molecular flexibility index (Phi) is 2.36. The molecule has 0 spiro atoms. The number of nitrogens with zero attached hydrogens (tertiary/aromatic N) is 2. The lowest BCUT2D eigenvalue weighted by Gasteiger charge is -2.28. The minimum atomic E-state index is 0.833. The van der Waals surface area contributed by atoms with Gasteiger partial charge in [-0.2, -0.15) is 0 Å². The number of anilines is 2. The third-order valence-corrected chi connectivity index (χ3v) is 2.29. The van der Waals surface area contributed by atoms with Crippen LogP contribution in [0.25, 0.3) is 0 Å². The first-order valence-electron chi connectivity index (χ1n) is 4.60. The van der Waals surface area contributed by atoms with E-state index in [1.807, 2.05) is 18.2 Å². The van der Waals surface area contributed by atoms with Crippen molar-refractivity contribution in [3.8, 4) is 0 Å². The van der Waals surface area contributed by atoms with Crippen LogP contribution in [0, 0.1) is 0 Å². The highest BCUT2D eigenvalue weighted by atomic mass is 15.2. The Morgan fingerprint density at radius 3 is 2.69 bits per heavy atom. The van der Waals surface area contributed by atoms with Gasteiger partial charge in [0.2, 0.25) is 0 Å². The van der Waals surface area contributed by atoms with Crippen molar-refractivity contribution in [2.45, 2.75) is 0 Å². The molecule has 1 fully saturated rings. The van der Waals surface area contributed by atoms with Gasteiger partial charge in [-0.05, 0) is 18.2 Å². The number of nitrogen functional groups attached to an aromatic ring is 1. The van der Waals surface area contributed by atoms with E-state index in [9.17, 15) is 0 Å². The smallest absolute Gasteiger partial charge is 0.0387 e. The minimum Gasteiger partial charge on any atom is -0.399 e. The highest BCUT2D eigenvalue weighted by molar-refractivity contribution is 5.56. The molecule has 3 nitrogen and oxygen atoms in total. The number of benzene rings is 1. The van der Waals surface area contributed by atoms with Crippen molar-refractivity contribution in [1.82, 2.24) is 5.32 Å². The normalized spacial score (nSPS) is 17.4. The Hall–Kier alpha value is -1.22. The lowest BCUT2D eigenvalue weighted by Crippen LogP contribution is -2.40. The Morgan fingerprint density at radius 2 is 2.00 bits per heavy atom. The second kappa shape index (κ2) is 3.66. The van der Waals surface area contributed by atoms with E-state index in [-0.39, 0.29) is 0 Å². The Bertz CT molecular complexity index is 279. The summed E-state index contributed by atoms with van der Waals surface area (Å²) in [4.78, 5) is 2.32. The molecular formula is C10H14N3. The number of hydrogen-bond acceptors (Lipinski definition) is 2. The SMILES string of the molecule is Nc1cccc(N2CC[N]CC2)c1. The lowest BCUT2D eigenvalue weighted by atomic mass is 10.2. The summed E-state index contributed by atoms with van der Waals surface area (Å²) in [6, 6.07) is 8.03. The largest absolute Gasteiger partial charge is 0.399 e. The van der Waals surface area contributed by atoms with Crippen molar-refractivity contribution in [2.75, 3.05) is 36.8 Å². The predicted molar refractivity (Wildman–Crippen MR) is 54.9 cm³/mol. The maximum Gasteiger partial charge on any atom is 0.0387 e. The van der Waals surface area contributed by atoms with Crippen LogP contribution < -0.4 is 16.0 Å². The molecule has 1 aromatic carbocycles. The third kappa shape index (κ3) is 1.92. The van der Waals surface area contributed by atoms with Gasteiger partial charge < -0.3 is 10.6 Å². The van der Waals surface area contributed by atoms with Gasteiger partial charge in [-0.15, -0.1) is 0 Å². The molecule has 3 heteroatoms. The van der Waals surface area contributed by atoms with E-state index in [2.05, 4.69) is 16.3 Å². The highest BCUT2D eigenvalue weighted by Crippen LogP contribution is 2.17. The second-order valence-electron chi connectivity index (χ2n) is 3.25. The van der Waals surface area contributed by atoms with Crippen molar-refractivity contribution in [3.05, 3.63) is 24.3 Å². The summed E-state index contributed by atoms with van der Waals surface area (Å²) in [6.07, 6.45) is 0. The fraction of sp³-hybridized carbons (Fsp3) is 0.400. The Balaban J connectivity index is 2.14. The van der Waals surface area contributed by atoms with Gasteiger partial charge >= 0.3 is 0 Å². The van der Waals surface area contributed by atoms with Crippen LogP contribution in [-0.2, 0) is 0 Å². The molecule has 2 N–H and O–H groups in total. The molecule has 0 unspecified atom stereocenters. The molecule has 1 radical (unpaired) electrons. The Labute approximate surface area is 78.5 Å². The van der Waals surface area contributed by atoms with Gasteiger partial charge in [-0.25, -0.2) is 5.32 Å². The number of nitrogens with two attached hydrogens (primary N) is 1. The van der Waals surface area contributed by atoms with E-state index in [4.69, 9.17) is 5.73 Å². The monoisotopic (exact) mass is 176 g/mol. The predicted octanol–water partition coefficient (Wildman–Crippen LogP) is 0.693. The van der Waals surface area contributed by atoms with E-state index in [1.54, 1.807) is 0 Å². The van der Waals surface area contributed by atoms with Gasteiger partial charge in [-0.3, -0.25) is 0 Å². The van der Waals surface area contributed by atoms with Crippen LogP contribution >= 0.6 is 0 Å². The van der Waals surface area contributed by atoms with Crippen LogP contribution in [0.3, 0.4) is 0 Å². The van der Waals surface area contributed by atoms with Crippen LogP contribution in [0.5, 0.6) is 0 Å². The Morgan fingerprint density at radius 1 is 1.23 bits per heavy atom. The topological polar surface area (TPSA) is 43.4 Å². The highest BCUT2D eigenvalue weighted by Gasteiger charge is 2.10. The maximum absolute atomic E-state index is 5.72. The van der Waals surface area contributed by atoms with Crippen molar-refractivity contribution in [2.24, 2.45) is 0 Å². The van der Waals surface area contributed by atoms with Gasteiger partial charge in [-0.1, -0.05) is 6.07 Å². The van der Waals surface area contributed by atoms with Crippen LogP contribution in [-0.4, -0.2) is 26.2 Å². The summed E-state index contributed by atoms with van der Waals surface area (Å²) in [7, 11) is 0. The molecule has 2 rings (SSSR count). The first kappa shape index (κ1) is 8.38. The van der Waals surface area contributed by atoms with Crippen LogP contribution in [0.4, 0.5) is 11.4 Å². The molecule has 0 amide bonds. The van der Waals surface area contributed by atoms with Crippen LogP contribution in [0.1, 0.15) is 0 Å². The van der Waals surface area contributed by atoms with E-state index < -0.39 is 0 Å². The number of piperazine rings is 1. The molecule has 1 saturated heterocycles. The second-order valence-corrected chi connectivity index (χ2v) is 3.25. The average molecular weight is 176 g/mol. The zero-order valence-corrected chi connectivity index (χ0v) is 7.61. The molecule has 0 aromatic heterocycles. The molecule has 1 aliphatic heterocycles. The zero-order valence-electron chi connectivity index (χ0n) is 7.61. The third-order valence-electron chi connectivity index (χ3n) is 2.29. The molecule has 0 bridgehead atoms. The van der Waals surface area contributed by atoms with Gasteiger partial charge in [0.05, 0.1) is 0 Å². The van der Waals surface area contributed by atoms with E-state index in [0.29, 0.717) is 0 Å². The lowest BCUT2D eigenvalue weighted by molar-refractivity contribution is 0.579. The first-order chi connectivity index (χ1) is 6.36. The maximum atomic E-state index is 5.72. The molecule has 1 aliphatic rings. The number of hydrogen-bond donors (Lipinski definition) is 1. The molecule has 1 aromatic rings. The molecule has 0 atom stereocenters. The van der Waals surface area contributed by atoms with Gasteiger partial charge in [0.25, 0.3) is 0 Å². The molecule has 69 valence electrons. The first-order valence-corrected chi connectivity index (χ1v) is 4.60. The quantitative estimate of drug-likeness (QED) is 0.640. The summed E-state index contributed by atoms with van der Waals surface area (Å²) in [5.41, 5.74) is 7.77. The summed E-state index contributed by atoms with van der Waals surface area (Å²) >= 11 is 0. The van der Waals surface area contributed by atoms with Crippen molar-refractivity contribution < 1.29 is 0 Å². The average Bonchev–Trinajstić information content (AvgIpc) is 2.19. The van der Waals surface area contributed by atoms with Crippen molar-refractivity contribution in [3.63, 3.8) is 0 Å². The van der Waals surface area contributed by atoms with Crippen molar-refractivity contribution >= 4 is 11.4 Å². The minimum absolute atomic E-state index is 0.833. The van der Waals surface area contributed by atoms with Crippen molar-refractivity contribution in [1.29, 1.82) is 0 Å². The molecular weight excluding hydrogens is 162 g/mol. The van der Waals surface area contributed by atoms with Gasteiger partial charge in [0, 0.05) is 37.6 Å². The van der Waals surface area contributed by atoms with Crippen LogP contribution in [0.15, 0.2) is 24.3 Å². The van der Waals surface area contributed by atoms with E-state index >= 15 is 0 Å². The summed E-state index contributed by atoms with van der Waals surface area (Å²) < 4.78 is 0. The molecule has 13 heavy (non-hydrogen) atoms. The van der Waals surface area contributed by atoms with Crippen LogP contribution in [0.2, 0.25) is 0 Å². The van der Waals surface area contributed by atoms with Gasteiger partial charge in [0.15, 0.2) is 0 Å². The molecule has 0 aliphatic carbocycles. The fourth-order valence-electron chi connectivity index (χ4n) is 1.59. The standard InChI is InChI=1S/C10H14N3/c11-9-2-1-3-10(8-9)13-6-4-12-5-7-13/h1-3,8H,4-7,11H2. The summed E-state index contributed by atoms with van der Waals surface area (Å²) in [5, 5.41) is 4.30. The van der Waals surface area contributed by atoms with E-state index in [0.717, 1.165) is 31.9 Å². The summed E-state index contributed by atoms with van der Waals surface area (Å²) in [5.74, 6) is 0. The zero-order chi connectivity index (χ0) is 9.10. The number of rotatable bonds is 1.